The van der Waals surface area contributed by atoms with Crippen LogP contribution in [0.25, 0.3) is 0 Å². The van der Waals surface area contributed by atoms with Gasteiger partial charge in [0.15, 0.2) is 0 Å². The first kappa shape index (κ1) is 9.96. The summed E-state index contributed by atoms with van der Waals surface area (Å²) in [5.41, 5.74) is 1.93. The van der Waals surface area contributed by atoms with Gasteiger partial charge >= 0.3 is 5.97 Å². The van der Waals surface area contributed by atoms with Crippen molar-refractivity contribution in [1.29, 1.82) is 0 Å². The molecule has 0 aliphatic carbocycles. The van der Waals surface area contributed by atoms with Crippen molar-refractivity contribution in [2.45, 2.75) is 19.3 Å². The maximum Gasteiger partial charge on any atom is 0.306 e. The molecule has 1 atom stereocenters. The van der Waals surface area contributed by atoms with E-state index in [1.165, 1.54) is 7.11 Å². The highest BCUT2D eigenvalue weighted by Crippen LogP contribution is 2.35. The van der Waals surface area contributed by atoms with Crippen LogP contribution in [-0.2, 0) is 9.53 Å². The molecule has 4 heteroatoms. The molecule has 0 N–H and O–H groups in total. The fourth-order valence-corrected chi connectivity index (χ4v) is 1.71. The highest BCUT2D eigenvalue weighted by Gasteiger charge is 2.27. The highest BCUT2D eigenvalue weighted by atomic mass is 16.5. The minimum Gasteiger partial charge on any atom is -0.493 e. The number of carbonyl (C=O) groups is 1. The lowest BCUT2D eigenvalue weighted by Gasteiger charge is -2.05. The monoisotopic (exact) mass is 207 g/mol. The number of hydrogen-bond donors (Lipinski definition) is 0. The van der Waals surface area contributed by atoms with E-state index >= 15 is 0 Å². The summed E-state index contributed by atoms with van der Waals surface area (Å²) in [7, 11) is 1.40. The van der Waals surface area contributed by atoms with Crippen molar-refractivity contribution in [1.82, 2.24) is 4.98 Å². The van der Waals surface area contributed by atoms with E-state index in [0.717, 1.165) is 17.0 Å². The predicted octanol–water partition coefficient (Wildman–Crippen LogP) is 1.43. The van der Waals surface area contributed by atoms with Crippen LogP contribution < -0.4 is 4.74 Å². The molecule has 0 radical (unpaired) electrons. The second kappa shape index (κ2) is 3.88. The number of rotatable bonds is 2. The zero-order chi connectivity index (χ0) is 10.8. The molecule has 0 spiro atoms. The molecule has 1 aromatic rings. The maximum absolute atomic E-state index is 11.1. The van der Waals surface area contributed by atoms with E-state index in [4.69, 9.17) is 4.74 Å². The molecule has 2 heterocycles. The molecule has 0 saturated carbocycles. The summed E-state index contributed by atoms with van der Waals surface area (Å²) in [4.78, 5) is 15.3. The smallest absolute Gasteiger partial charge is 0.306 e. The Bertz CT molecular complexity index is 389. The van der Waals surface area contributed by atoms with Crippen LogP contribution in [0.3, 0.4) is 0 Å². The topological polar surface area (TPSA) is 48.4 Å². The molecule has 0 bridgehead atoms. The number of esters is 1. The number of fused-ring (bicyclic) bond motifs is 1. The van der Waals surface area contributed by atoms with Gasteiger partial charge in [-0.2, -0.15) is 0 Å². The Balaban J connectivity index is 2.18. The zero-order valence-corrected chi connectivity index (χ0v) is 8.82. The SMILES string of the molecule is COC(=O)C[C@@H]1COc2cc(C)ncc21. The van der Waals surface area contributed by atoms with Crippen molar-refractivity contribution < 1.29 is 14.3 Å². The first-order valence-electron chi connectivity index (χ1n) is 4.87. The summed E-state index contributed by atoms with van der Waals surface area (Å²) in [6.07, 6.45) is 2.14. The summed E-state index contributed by atoms with van der Waals surface area (Å²) in [5, 5.41) is 0. The quantitative estimate of drug-likeness (QED) is 0.688. The fourth-order valence-electron chi connectivity index (χ4n) is 1.71. The number of methoxy groups -OCH3 is 1. The van der Waals surface area contributed by atoms with E-state index in [-0.39, 0.29) is 11.9 Å². The first-order chi connectivity index (χ1) is 7.20. The van der Waals surface area contributed by atoms with Crippen molar-refractivity contribution in [2.75, 3.05) is 13.7 Å². The van der Waals surface area contributed by atoms with Gasteiger partial charge in [0.25, 0.3) is 0 Å². The van der Waals surface area contributed by atoms with Gasteiger partial charge in [-0.15, -0.1) is 0 Å². The number of pyridine rings is 1. The highest BCUT2D eigenvalue weighted by molar-refractivity contribution is 5.70. The maximum atomic E-state index is 11.1. The van der Waals surface area contributed by atoms with Crippen LogP contribution in [0.5, 0.6) is 5.75 Å². The number of ether oxygens (including phenoxy) is 2. The first-order valence-corrected chi connectivity index (χ1v) is 4.87. The van der Waals surface area contributed by atoms with Crippen LogP contribution in [0.15, 0.2) is 12.3 Å². The predicted molar refractivity (Wildman–Crippen MR) is 53.8 cm³/mol. The summed E-state index contributed by atoms with van der Waals surface area (Å²) in [6, 6.07) is 1.90. The van der Waals surface area contributed by atoms with Crippen LogP contribution in [0.1, 0.15) is 23.6 Å². The standard InChI is InChI=1S/C11H13NO3/c1-7-3-10-9(5-12-7)8(6-15-10)4-11(13)14-2/h3,5,8H,4,6H2,1-2H3/t8-/m1/s1. The molecule has 2 rings (SSSR count). The average molecular weight is 207 g/mol. The van der Waals surface area contributed by atoms with Crippen molar-refractivity contribution in [3.63, 3.8) is 0 Å². The number of hydrogen-bond acceptors (Lipinski definition) is 4. The van der Waals surface area contributed by atoms with Gasteiger partial charge in [0, 0.05) is 29.4 Å². The summed E-state index contributed by atoms with van der Waals surface area (Å²) in [5.74, 6) is 0.717. The Morgan fingerprint density at radius 3 is 3.27 bits per heavy atom. The zero-order valence-electron chi connectivity index (χ0n) is 8.82. The van der Waals surface area contributed by atoms with Crippen LogP contribution in [0.4, 0.5) is 0 Å². The average Bonchev–Trinajstić information content (AvgIpc) is 2.60. The Morgan fingerprint density at radius 1 is 1.73 bits per heavy atom. The third-order valence-corrected chi connectivity index (χ3v) is 2.55. The molecule has 0 fully saturated rings. The Hall–Kier alpha value is -1.58. The molecule has 0 aromatic carbocycles. The van der Waals surface area contributed by atoms with Crippen LogP contribution >= 0.6 is 0 Å². The number of aryl methyl sites for hydroxylation is 1. The molecule has 0 unspecified atom stereocenters. The van der Waals surface area contributed by atoms with Gasteiger partial charge in [0.2, 0.25) is 0 Å². The second-order valence-corrected chi connectivity index (χ2v) is 3.65. The van der Waals surface area contributed by atoms with Crippen LogP contribution in [0.2, 0.25) is 0 Å². The van der Waals surface area contributed by atoms with E-state index in [0.29, 0.717) is 13.0 Å². The Kier molecular flexibility index (Phi) is 2.58. The number of nitrogens with zero attached hydrogens (tertiary/aromatic N) is 1. The summed E-state index contributed by atoms with van der Waals surface area (Å²) >= 11 is 0. The molecule has 15 heavy (non-hydrogen) atoms. The summed E-state index contributed by atoms with van der Waals surface area (Å²) in [6.45, 7) is 2.45. The minimum absolute atomic E-state index is 0.0838. The van der Waals surface area contributed by atoms with E-state index in [1.54, 1.807) is 6.20 Å². The lowest BCUT2D eigenvalue weighted by molar-refractivity contribution is -0.141. The van der Waals surface area contributed by atoms with E-state index in [1.807, 2.05) is 13.0 Å². The molecule has 1 aromatic heterocycles. The van der Waals surface area contributed by atoms with Crippen LogP contribution in [0, 0.1) is 6.92 Å². The number of carbonyl (C=O) groups excluding carboxylic acids is 1. The molecule has 1 aliphatic heterocycles. The molecule has 80 valence electrons. The van der Waals surface area contributed by atoms with Gasteiger partial charge in [0.05, 0.1) is 20.1 Å². The van der Waals surface area contributed by atoms with Crippen LogP contribution in [-0.4, -0.2) is 24.7 Å². The van der Waals surface area contributed by atoms with Crippen molar-refractivity contribution in [3.8, 4) is 5.75 Å². The third-order valence-electron chi connectivity index (χ3n) is 2.55. The molecule has 0 amide bonds. The lowest BCUT2D eigenvalue weighted by atomic mass is 9.99. The summed E-state index contributed by atoms with van der Waals surface area (Å²) < 4.78 is 10.1. The van der Waals surface area contributed by atoms with E-state index in [2.05, 4.69) is 9.72 Å². The van der Waals surface area contributed by atoms with Gasteiger partial charge in [-0.25, -0.2) is 0 Å². The second-order valence-electron chi connectivity index (χ2n) is 3.65. The third kappa shape index (κ3) is 1.93. The molecule has 0 saturated heterocycles. The fraction of sp³-hybridized carbons (Fsp3) is 0.455. The van der Waals surface area contributed by atoms with Gasteiger partial charge in [-0.3, -0.25) is 9.78 Å². The van der Waals surface area contributed by atoms with E-state index < -0.39 is 0 Å². The van der Waals surface area contributed by atoms with Gasteiger partial charge in [-0.05, 0) is 6.92 Å². The molecular formula is C11H13NO3. The van der Waals surface area contributed by atoms with Crippen molar-refractivity contribution in [2.24, 2.45) is 0 Å². The molecule has 4 nitrogen and oxygen atoms in total. The largest absolute Gasteiger partial charge is 0.493 e. The molecular weight excluding hydrogens is 194 g/mol. The van der Waals surface area contributed by atoms with Gasteiger partial charge in [-0.1, -0.05) is 0 Å². The van der Waals surface area contributed by atoms with Gasteiger partial charge < -0.3 is 9.47 Å². The number of aromatic nitrogens is 1. The Labute approximate surface area is 88.2 Å². The van der Waals surface area contributed by atoms with E-state index in [9.17, 15) is 4.79 Å². The normalized spacial score (nSPS) is 18.1. The van der Waals surface area contributed by atoms with Crippen molar-refractivity contribution >= 4 is 5.97 Å². The molecule has 1 aliphatic rings. The Morgan fingerprint density at radius 2 is 2.53 bits per heavy atom. The van der Waals surface area contributed by atoms with Gasteiger partial charge in [0.1, 0.15) is 5.75 Å². The lowest BCUT2D eigenvalue weighted by Crippen LogP contribution is -2.09. The minimum atomic E-state index is -0.211. The van der Waals surface area contributed by atoms with Crippen molar-refractivity contribution in [3.05, 3.63) is 23.5 Å².